The molecule has 2 aromatic rings. The van der Waals surface area contributed by atoms with Crippen LogP contribution in [0.5, 0.6) is 0 Å². The minimum atomic E-state index is -0.281. The van der Waals surface area contributed by atoms with Crippen molar-refractivity contribution in [2.45, 2.75) is 32.3 Å². The van der Waals surface area contributed by atoms with E-state index in [2.05, 4.69) is 6.58 Å². The van der Waals surface area contributed by atoms with Crippen LogP contribution in [0.25, 0.3) is 0 Å². The van der Waals surface area contributed by atoms with Gasteiger partial charge in [-0.05, 0) is 42.3 Å². The molecule has 1 N–H and O–H groups in total. The first-order valence-electron chi connectivity index (χ1n) is 7.61. The van der Waals surface area contributed by atoms with E-state index in [1.54, 1.807) is 29.8 Å². The molecule has 1 unspecified atom stereocenters. The Morgan fingerprint density at radius 3 is 2.09 bits per heavy atom. The number of anilines is 1. The molecule has 2 rings (SSSR count). The summed E-state index contributed by atoms with van der Waals surface area (Å²) in [7, 11) is 0. The summed E-state index contributed by atoms with van der Waals surface area (Å²) < 4.78 is 31.6. The van der Waals surface area contributed by atoms with Crippen molar-refractivity contribution < 1.29 is 13.6 Å². The molecule has 0 saturated carbocycles. The van der Waals surface area contributed by atoms with Crippen molar-refractivity contribution in [3.63, 3.8) is 0 Å². The van der Waals surface area contributed by atoms with Gasteiger partial charge in [0.2, 0.25) is 0 Å². The van der Waals surface area contributed by atoms with Gasteiger partial charge in [-0.3, -0.25) is 0 Å². The Morgan fingerprint density at radius 1 is 1.09 bits per heavy atom. The van der Waals surface area contributed by atoms with Gasteiger partial charge in [-0.2, -0.15) is 0 Å². The molecule has 0 bridgehead atoms. The van der Waals surface area contributed by atoms with E-state index in [4.69, 9.17) is 4.74 Å². The normalized spacial score (nSPS) is 13.2. The summed E-state index contributed by atoms with van der Waals surface area (Å²) in [5.74, 6) is 0.315. The molecule has 0 fully saturated rings. The molecule has 0 aromatic heterocycles. The van der Waals surface area contributed by atoms with E-state index >= 15 is 0 Å². The molecule has 0 aliphatic carbocycles. The average molecular weight is 317 g/mol. The number of nitrogens with one attached hydrogen (secondary N) is 1. The summed E-state index contributed by atoms with van der Waals surface area (Å²) in [6, 6.07) is 13.4. The van der Waals surface area contributed by atoms with Crippen LogP contribution in [0, 0.1) is 5.82 Å². The lowest BCUT2D eigenvalue weighted by molar-refractivity contribution is 0.113. The topological polar surface area (TPSA) is 21.3 Å². The molecule has 0 spiro atoms. The first-order valence-corrected chi connectivity index (χ1v) is 7.61. The highest BCUT2D eigenvalue weighted by Gasteiger charge is 2.23. The van der Waals surface area contributed by atoms with E-state index in [-0.39, 0.29) is 17.8 Å². The molecule has 4 heteroatoms. The molecule has 2 nitrogen and oxygen atoms in total. The van der Waals surface area contributed by atoms with Gasteiger partial charge in [0.15, 0.2) is 0 Å². The largest absolute Gasteiger partial charge is 0.495 e. The Labute approximate surface area is 135 Å². The van der Waals surface area contributed by atoms with E-state index < -0.39 is 0 Å². The van der Waals surface area contributed by atoms with Crippen molar-refractivity contribution in [3.8, 4) is 0 Å². The Bertz CT molecular complexity index is 637. The number of allylic oxidation sites excluding steroid dienone is 1. The van der Waals surface area contributed by atoms with Gasteiger partial charge in [0.05, 0.1) is 11.4 Å². The van der Waals surface area contributed by atoms with Crippen LogP contribution in [0.3, 0.4) is 0 Å². The molecule has 0 aliphatic heterocycles. The van der Waals surface area contributed by atoms with E-state index in [9.17, 15) is 8.87 Å². The van der Waals surface area contributed by atoms with Crippen LogP contribution in [-0.2, 0) is 4.74 Å². The maximum Gasteiger partial charge on any atom is 0.123 e. The predicted molar refractivity (Wildman–Crippen MR) is 89.4 cm³/mol. The van der Waals surface area contributed by atoms with Gasteiger partial charge in [0.1, 0.15) is 11.9 Å². The van der Waals surface area contributed by atoms with Gasteiger partial charge in [0.25, 0.3) is 0 Å². The molecule has 2 atom stereocenters. The first kappa shape index (κ1) is 17.0. The van der Waals surface area contributed by atoms with E-state index in [1.165, 1.54) is 12.1 Å². The maximum absolute atomic E-state index is 13.2. The zero-order valence-electron chi connectivity index (χ0n) is 13.4. The lowest BCUT2D eigenvalue weighted by atomic mass is 9.87. The predicted octanol–water partition coefficient (Wildman–Crippen LogP) is 5.58. The van der Waals surface area contributed by atoms with Crippen LogP contribution in [0.2, 0.25) is 0 Å². The van der Waals surface area contributed by atoms with Crippen LogP contribution in [0.4, 0.5) is 14.6 Å². The Balaban J connectivity index is 2.36. The highest BCUT2D eigenvalue weighted by Crippen LogP contribution is 2.32. The monoisotopic (exact) mass is 317 g/mol. The van der Waals surface area contributed by atoms with Gasteiger partial charge < -0.3 is 4.74 Å². The number of halogens is 2. The quantitative estimate of drug-likeness (QED) is 0.531. The molecule has 0 radical (unpaired) electrons. The SMILES string of the molecule is C=C(CC)O[C@@H](C)C(c1ccc(F)cc1)c1ccc(NF)cc1. The Hall–Kier alpha value is -2.36. The summed E-state index contributed by atoms with van der Waals surface area (Å²) >= 11 is 0. The van der Waals surface area contributed by atoms with E-state index in [0.717, 1.165) is 17.5 Å². The summed E-state index contributed by atoms with van der Waals surface area (Å²) in [6.07, 6.45) is 0.544. The minimum Gasteiger partial charge on any atom is -0.495 e. The van der Waals surface area contributed by atoms with Crippen molar-refractivity contribution in [2.24, 2.45) is 0 Å². The summed E-state index contributed by atoms with van der Waals surface area (Å²) in [4.78, 5) is 0. The molecule has 122 valence electrons. The molecule has 0 saturated heterocycles. The second-order valence-corrected chi connectivity index (χ2v) is 5.46. The summed E-state index contributed by atoms with van der Waals surface area (Å²) in [5.41, 5.74) is 3.90. The zero-order chi connectivity index (χ0) is 16.8. The fourth-order valence-corrected chi connectivity index (χ4v) is 2.57. The lowest BCUT2D eigenvalue weighted by Gasteiger charge is -2.27. The third-order valence-electron chi connectivity index (χ3n) is 3.82. The van der Waals surface area contributed by atoms with Crippen LogP contribution >= 0.6 is 0 Å². The maximum atomic E-state index is 13.2. The third kappa shape index (κ3) is 4.31. The van der Waals surface area contributed by atoms with Crippen LogP contribution < -0.4 is 5.54 Å². The van der Waals surface area contributed by atoms with Crippen molar-refractivity contribution >= 4 is 5.69 Å². The molecule has 0 aliphatic rings. The highest BCUT2D eigenvalue weighted by atomic mass is 19.2. The number of rotatable bonds is 7. The molecule has 0 amide bonds. The van der Waals surface area contributed by atoms with Crippen LogP contribution in [0.1, 0.15) is 37.3 Å². The fourth-order valence-electron chi connectivity index (χ4n) is 2.57. The fraction of sp³-hybridized carbons (Fsp3) is 0.263. The van der Waals surface area contributed by atoms with Crippen molar-refractivity contribution in [1.29, 1.82) is 0 Å². The van der Waals surface area contributed by atoms with E-state index in [1.807, 2.05) is 26.0 Å². The molecule has 23 heavy (non-hydrogen) atoms. The minimum absolute atomic E-state index is 0.104. The van der Waals surface area contributed by atoms with Gasteiger partial charge in [-0.25, -0.2) is 9.93 Å². The van der Waals surface area contributed by atoms with Gasteiger partial charge >= 0.3 is 0 Å². The number of hydrogen-bond acceptors (Lipinski definition) is 2. The summed E-state index contributed by atoms with van der Waals surface area (Å²) in [6.45, 7) is 7.81. The first-order chi connectivity index (χ1) is 11.0. The standard InChI is InChI=1S/C19H21F2NO/c1-4-13(2)23-14(3)19(15-5-9-17(20)10-6-15)16-7-11-18(22-21)12-8-16/h5-12,14,19,22H,2,4H2,1,3H3/t14-,19?/m0/s1. The van der Waals surface area contributed by atoms with Crippen LogP contribution in [-0.4, -0.2) is 6.10 Å². The third-order valence-corrected chi connectivity index (χ3v) is 3.82. The Kier molecular flexibility index (Phi) is 5.74. The zero-order valence-corrected chi connectivity index (χ0v) is 13.4. The second kappa shape index (κ2) is 7.77. The molecule has 0 heterocycles. The van der Waals surface area contributed by atoms with Crippen LogP contribution in [0.15, 0.2) is 60.9 Å². The highest BCUT2D eigenvalue weighted by molar-refractivity contribution is 5.45. The Morgan fingerprint density at radius 2 is 1.61 bits per heavy atom. The average Bonchev–Trinajstić information content (AvgIpc) is 2.57. The molecule has 2 aromatic carbocycles. The van der Waals surface area contributed by atoms with Crippen molar-refractivity contribution in [1.82, 2.24) is 0 Å². The second-order valence-electron chi connectivity index (χ2n) is 5.46. The molecular weight excluding hydrogens is 296 g/mol. The number of benzene rings is 2. The van der Waals surface area contributed by atoms with Gasteiger partial charge in [0, 0.05) is 12.3 Å². The number of ether oxygens (including phenoxy) is 1. The molecular formula is C19H21F2NO. The van der Waals surface area contributed by atoms with Gasteiger partial charge in [-0.15, -0.1) is 4.48 Å². The van der Waals surface area contributed by atoms with Gasteiger partial charge in [-0.1, -0.05) is 37.8 Å². The number of hydrogen-bond donors (Lipinski definition) is 1. The smallest absolute Gasteiger partial charge is 0.123 e. The van der Waals surface area contributed by atoms with Crippen molar-refractivity contribution in [2.75, 3.05) is 5.54 Å². The van der Waals surface area contributed by atoms with E-state index in [0.29, 0.717) is 11.4 Å². The van der Waals surface area contributed by atoms with Crippen molar-refractivity contribution in [3.05, 3.63) is 77.8 Å². The summed E-state index contributed by atoms with van der Waals surface area (Å²) in [5, 5.41) is 0. The lowest BCUT2D eigenvalue weighted by Crippen LogP contribution is -2.20.